The topological polar surface area (TPSA) is 46.2 Å². The maximum Gasteiger partial charge on any atom is 0.170 e. The summed E-state index contributed by atoms with van der Waals surface area (Å²) in [4.78, 5) is 0. The molecule has 13 heavy (non-hydrogen) atoms. The highest BCUT2D eigenvalue weighted by molar-refractivity contribution is 5.38. The third kappa shape index (κ3) is 1.62. The molecular formula is C9H11F2NO. The molecule has 1 rings (SSSR count). The number of phenolic OH excluding ortho intramolecular Hbond substituents is 1. The first-order chi connectivity index (χ1) is 5.95. The molecule has 0 saturated carbocycles. The summed E-state index contributed by atoms with van der Waals surface area (Å²) in [5, 5.41) is 8.98. The molecule has 0 spiro atoms. The molecule has 0 heterocycles. The Balaban J connectivity index is 3.46. The van der Waals surface area contributed by atoms with E-state index >= 15 is 0 Å². The van der Waals surface area contributed by atoms with Crippen LogP contribution in [0.25, 0.3) is 0 Å². The number of hydrogen-bond acceptors (Lipinski definition) is 2. The predicted molar refractivity (Wildman–Crippen MR) is 45.4 cm³/mol. The molecule has 3 N–H and O–H groups in total. The molecule has 0 radical (unpaired) electrons. The van der Waals surface area contributed by atoms with Crippen LogP contribution >= 0.6 is 0 Å². The zero-order valence-corrected chi connectivity index (χ0v) is 7.44. The smallest absolute Gasteiger partial charge is 0.170 e. The lowest BCUT2D eigenvalue weighted by Crippen LogP contribution is -2.10. The molecule has 1 aromatic carbocycles. The lowest BCUT2D eigenvalue weighted by atomic mass is 10.0. The van der Waals surface area contributed by atoms with Gasteiger partial charge in [0.2, 0.25) is 0 Å². The van der Waals surface area contributed by atoms with E-state index in [2.05, 4.69) is 0 Å². The summed E-state index contributed by atoms with van der Waals surface area (Å²) in [6, 6.07) is 0.109. The van der Waals surface area contributed by atoms with E-state index < -0.39 is 23.4 Å². The molecule has 2 nitrogen and oxygen atoms in total. The third-order valence-electron chi connectivity index (χ3n) is 1.94. The van der Waals surface area contributed by atoms with Gasteiger partial charge < -0.3 is 10.8 Å². The average molecular weight is 187 g/mol. The number of benzene rings is 1. The Bertz CT molecular complexity index is 311. The molecule has 0 saturated heterocycles. The van der Waals surface area contributed by atoms with E-state index in [4.69, 9.17) is 10.8 Å². The maximum absolute atomic E-state index is 13.2. The van der Waals surface area contributed by atoms with Crippen molar-refractivity contribution in [2.24, 2.45) is 5.73 Å². The van der Waals surface area contributed by atoms with E-state index in [9.17, 15) is 8.78 Å². The van der Waals surface area contributed by atoms with Gasteiger partial charge in [-0.15, -0.1) is 0 Å². The first-order valence-corrected chi connectivity index (χ1v) is 3.88. The van der Waals surface area contributed by atoms with Gasteiger partial charge in [-0.3, -0.25) is 0 Å². The van der Waals surface area contributed by atoms with Gasteiger partial charge in [0, 0.05) is 17.7 Å². The molecule has 1 atom stereocenters. The number of halogens is 2. The molecule has 0 aliphatic carbocycles. The summed E-state index contributed by atoms with van der Waals surface area (Å²) in [5.74, 6) is -2.18. The molecule has 72 valence electrons. The number of nitrogens with two attached hydrogens (primary N) is 1. The summed E-state index contributed by atoms with van der Waals surface area (Å²) >= 11 is 0. The monoisotopic (exact) mass is 187 g/mol. The highest BCUT2D eigenvalue weighted by Crippen LogP contribution is 2.28. The Morgan fingerprint density at radius 2 is 2.00 bits per heavy atom. The van der Waals surface area contributed by atoms with E-state index in [0.29, 0.717) is 0 Å². The molecule has 0 fully saturated rings. The Morgan fingerprint density at radius 3 is 2.46 bits per heavy atom. The lowest BCUT2D eigenvalue weighted by molar-refractivity contribution is 0.418. The lowest BCUT2D eigenvalue weighted by Gasteiger charge is -2.12. The SMILES string of the molecule is Cc1c(F)cc(O)c(F)c1[C@H](C)N. The van der Waals surface area contributed by atoms with Gasteiger partial charge >= 0.3 is 0 Å². The summed E-state index contributed by atoms with van der Waals surface area (Å²) in [7, 11) is 0. The molecular weight excluding hydrogens is 176 g/mol. The minimum absolute atomic E-state index is 0.0255. The van der Waals surface area contributed by atoms with E-state index in [1.54, 1.807) is 0 Å². The van der Waals surface area contributed by atoms with Crippen LogP contribution in [-0.4, -0.2) is 5.11 Å². The van der Waals surface area contributed by atoms with Gasteiger partial charge in [0.25, 0.3) is 0 Å². The first-order valence-electron chi connectivity index (χ1n) is 3.88. The van der Waals surface area contributed by atoms with Crippen molar-refractivity contribution in [1.29, 1.82) is 0 Å². The van der Waals surface area contributed by atoms with Crippen LogP contribution in [0.15, 0.2) is 6.07 Å². The fourth-order valence-electron chi connectivity index (χ4n) is 1.26. The van der Waals surface area contributed by atoms with Crippen LogP contribution in [-0.2, 0) is 0 Å². The highest BCUT2D eigenvalue weighted by Gasteiger charge is 2.17. The minimum atomic E-state index is -0.839. The number of aromatic hydroxyl groups is 1. The van der Waals surface area contributed by atoms with E-state index in [1.807, 2.05) is 0 Å². The molecule has 0 unspecified atom stereocenters. The van der Waals surface area contributed by atoms with Crippen LogP contribution in [0.3, 0.4) is 0 Å². The van der Waals surface area contributed by atoms with E-state index in [-0.39, 0.29) is 11.1 Å². The van der Waals surface area contributed by atoms with Crippen molar-refractivity contribution >= 4 is 0 Å². The molecule has 0 aliphatic rings. The summed E-state index contributed by atoms with van der Waals surface area (Å²) in [5.41, 5.74) is 5.60. The van der Waals surface area contributed by atoms with E-state index in [1.165, 1.54) is 13.8 Å². The van der Waals surface area contributed by atoms with Crippen molar-refractivity contribution in [3.63, 3.8) is 0 Å². The Labute approximate surface area is 75.0 Å². The summed E-state index contributed by atoms with van der Waals surface area (Å²) < 4.78 is 26.2. The van der Waals surface area contributed by atoms with Crippen molar-refractivity contribution in [3.05, 3.63) is 28.8 Å². The predicted octanol–water partition coefficient (Wildman–Crippen LogP) is 2.00. The minimum Gasteiger partial charge on any atom is -0.505 e. The normalized spacial score (nSPS) is 13.0. The van der Waals surface area contributed by atoms with Gasteiger partial charge in [-0.25, -0.2) is 8.78 Å². The Kier molecular flexibility index (Phi) is 2.52. The molecule has 0 aliphatic heterocycles. The van der Waals surface area contributed by atoms with Gasteiger partial charge in [-0.05, 0) is 19.4 Å². The zero-order valence-electron chi connectivity index (χ0n) is 7.44. The van der Waals surface area contributed by atoms with Crippen LogP contribution in [0.5, 0.6) is 5.75 Å². The fraction of sp³-hybridized carbons (Fsp3) is 0.333. The van der Waals surface area contributed by atoms with Crippen molar-refractivity contribution in [1.82, 2.24) is 0 Å². The molecule has 4 heteroatoms. The number of rotatable bonds is 1. The first kappa shape index (κ1) is 9.92. The van der Waals surface area contributed by atoms with Crippen LogP contribution < -0.4 is 5.73 Å². The molecule has 1 aromatic rings. The average Bonchev–Trinajstić information content (AvgIpc) is 2.01. The maximum atomic E-state index is 13.2. The third-order valence-corrected chi connectivity index (χ3v) is 1.94. The Hall–Kier alpha value is -1.16. The van der Waals surface area contributed by atoms with Crippen molar-refractivity contribution in [3.8, 4) is 5.75 Å². The standard InChI is InChI=1S/C9H11F2NO/c1-4-6(10)3-7(13)9(11)8(4)5(2)12/h3,5,13H,12H2,1-2H3/t5-/m0/s1. The number of phenols is 1. The van der Waals surface area contributed by atoms with Gasteiger partial charge in [-0.1, -0.05) is 0 Å². The molecule has 0 aromatic heterocycles. The van der Waals surface area contributed by atoms with Gasteiger partial charge in [0.1, 0.15) is 5.82 Å². The van der Waals surface area contributed by atoms with Gasteiger partial charge in [-0.2, -0.15) is 0 Å². The van der Waals surface area contributed by atoms with Crippen LogP contribution in [0.4, 0.5) is 8.78 Å². The van der Waals surface area contributed by atoms with Gasteiger partial charge in [0.15, 0.2) is 11.6 Å². The van der Waals surface area contributed by atoms with Crippen LogP contribution in [0.1, 0.15) is 24.1 Å². The Morgan fingerprint density at radius 1 is 1.46 bits per heavy atom. The summed E-state index contributed by atoms with van der Waals surface area (Å²) in [6.07, 6.45) is 0. The van der Waals surface area contributed by atoms with Gasteiger partial charge in [0.05, 0.1) is 0 Å². The largest absolute Gasteiger partial charge is 0.505 e. The quantitative estimate of drug-likeness (QED) is 0.706. The zero-order chi connectivity index (χ0) is 10.2. The molecule has 0 amide bonds. The second kappa shape index (κ2) is 3.30. The second-order valence-electron chi connectivity index (χ2n) is 3.02. The van der Waals surface area contributed by atoms with Crippen LogP contribution in [0, 0.1) is 18.6 Å². The summed E-state index contributed by atoms with van der Waals surface area (Å²) in [6.45, 7) is 2.96. The molecule has 0 bridgehead atoms. The highest BCUT2D eigenvalue weighted by atomic mass is 19.1. The number of hydrogen-bond donors (Lipinski definition) is 2. The van der Waals surface area contributed by atoms with E-state index in [0.717, 1.165) is 6.07 Å². The van der Waals surface area contributed by atoms with Crippen molar-refractivity contribution in [2.75, 3.05) is 0 Å². The van der Waals surface area contributed by atoms with Crippen molar-refractivity contribution < 1.29 is 13.9 Å². The van der Waals surface area contributed by atoms with Crippen molar-refractivity contribution in [2.45, 2.75) is 19.9 Å². The second-order valence-corrected chi connectivity index (χ2v) is 3.02. The van der Waals surface area contributed by atoms with Crippen LogP contribution in [0.2, 0.25) is 0 Å². The fourth-order valence-corrected chi connectivity index (χ4v) is 1.26.